The Morgan fingerprint density at radius 1 is 1.25 bits per heavy atom. The third-order valence-corrected chi connectivity index (χ3v) is 3.48. The summed E-state index contributed by atoms with van der Waals surface area (Å²) in [5.41, 5.74) is 2.16. The van der Waals surface area contributed by atoms with Crippen molar-refractivity contribution < 1.29 is 4.39 Å². The van der Waals surface area contributed by atoms with Crippen molar-refractivity contribution >= 4 is 34.9 Å². The minimum absolute atomic E-state index is 0.292. The third-order valence-electron chi connectivity index (χ3n) is 2.96. The SMILES string of the molecule is N#Cc1ccc2[nH]c(=S)n(-c3ccc(Cl)cc3F)c2c1. The van der Waals surface area contributed by atoms with Crippen LogP contribution in [0.25, 0.3) is 16.7 Å². The van der Waals surface area contributed by atoms with Crippen molar-refractivity contribution in [3.05, 3.63) is 57.6 Å². The number of aromatic amines is 1. The molecule has 1 aromatic heterocycles. The van der Waals surface area contributed by atoms with Gasteiger partial charge in [-0.05, 0) is 48.6 Å². The number of H-pyrrole nitrogens is 1. The van der Waals surface area contributed by atoms with Crippen LogP contribution in [-0.4, -0.2) is 9.55 Å². The zero-order chi connectivity index (χ0) is 14.3. The smallest absolute Gasteiger partial charge is 0.182 e. The molecule has 0 aliphatic rings. The van der Waals surface area contributed by atoms with Crippen molar-refractivity contribution in [3.63, 3.8) is 0 Å². The Morgan fingerprint density at radius 2 is 2.05 bits per heavy atom. The molecule has 1 heterocycles. The molecule has 98 valence electrons. The number of rotatable bonds is 1. The van der Waals surface area contributed by atoms with Gasteiger partial charge in [-0.3, -0.25) is 4.57 Å². The van der Waals surface area contributed by atoms with Gasteiger partial charge in [0.15, 0.2) is 4.77 Å². The van der Waals surface area contributed by atoms with E-state index in [1.165, 1.54) is 6.07 Å². The molecular formula is C14H7ClFN3S. The van der Waals surface area contributed by atoms with E-state index < -0.39 is 5.82 Å². The summed E-state index contributed by atoms with van der Waals surface area (Å²) in [7, 11) is 0. The number of nitrogens with one attached hydrogen (secondary N) is 1. The molecule has 3 aromatic rings. The first-order valence-electron chi connectivity index (χ1n) is 5.70. The van der Waals surface area contributed by atoms with Gasteiger partial charge in [-0.1, -0.05) is 11.6 Å². The van der Waals surface area contributed by atoms with Crippen molar-refractivity contribution in [2.45, 2.75) is 0 Å². The Kier molecular flexibility index (Phi) is 3.05. The van der Waals surface area contributed by atoms with Crippen LogP contribution >= 0.6 is 23.8 Å². The van der Waals surface area contributed by atoms with Crippen LogP contribution < -0.4 is 0 Å². The number of nitrogens with zero attached hydrogens (tertiary/aromatic N) is 2. The van der Waals surface area contributed by atoms with Crippen LogP contribution in [0.15, 0.2) is 36.4 Å². The van der Waals surface area contributed by atoms with Gasteiger partial charge < -0.3 is 4.98 Å². The first-order valence-corrected chi connectivity index (χ1v) is 6.49. The quantitative estimate of drug-likeness (QED) is 0.679. The first-order chi connectivity index (χ1) is 9.60. The maximum absolute atomic E-state index is 14.1. The number of benzene rings is 2. The lowest BCUT2D eigenvalue weighted by atomic mass is 10.2. The van der Waals surface area contributed by atoms with Gasteiger partial charge in [0.2, 0.25) is 0 Å². The molecular weight excluding hydrogens is 297 g/mol. The molecule has 3 rings (SSSR count). The van der Waals surface area contributed by atoms with E-state index in [1.54, 1.807) is 34.9 Å². The Hall–Kier alpha value is -2.16. The second-order valence-corrected chi connectivity index (χ2v) is 5.03. The summed E-state index contributed by atoms with van der Waals surface area (Å²) in [4.78, 5) is 2.99. The predicted molar refractivity (Wildman–Crippen MR) is 78.1 cm³/mol. The standard InChI is InChI=1S/C14H7ClFN3S/c15-9-2-4-12(10(16)6-9)19-13-5-8(7-17)1-3-11(13)18-14(19)20/h1-6H,(H,18,20). The molecule has 0 aliphatic carbocycles. The van der Waals surface area contributed by atoms with Gasteiger partial charge in [-0.25, -0.2) is 4.39 Å². The van der Waals surface area contributed by atoms with E-state index in [-0.39, 0.29) is 0 Å². The van der Waals surface area contributed by atoms with Crippen molar-refractivity contribution in [1.82, 2.24) is 9.55 Å². The van der Waals surface area contributed by atoms with Crippen LogP contribution in [-0.2, 0) is 0 Å². The number of fused-ring (bicyclic) bond motifs is 1. The van der Waals surface area contributed by atoms with Crippen LogP contribution in [0.5, 0.6) is 0 Å². The highest BCUT2D eigenvalue weighted by Crippen LogP contribution is 2.24. The molecule has 0 radical (unpaired) electrons. The molecule has 0 aliphatic heterocycles. The summed E-state index contributed by atoms with van der Waals surface area (Å²) in [6.45, 7) is 0. The predicted octanol–water partition coefficient (Wildman–Crippen LogP) is 4.35. The zero-order valence-corrected chi connectivity index (χ0v) is 11.6. The molecule has 0 fully saturated rings. The highest BCUT2D eigenvalue weighted by molar-refractivity contribution is 7.71. The van der Waals surface area contributed by atoms with Crippen molar-refractivity contribution in [3.8, 4) is 11.8 Å². The van der Waals surface area contributed by atoms with Gasteiger partial charge in [-0.15, -0.1) is 0 Å². The summed E-state index contributed by atoms with van der Waals surface area (Å²) in [6.07, 6.45) is 0. The Morgan fingerprint density at radius 3 is 2.75 bits per heavy atom. The second-order valence-electron chi connectivity index (χ2n) is 4.21. The van der Waals surface area contributed by atoms with Crippen LogP contribution in [0.2, 0.25) is 5.02 Å². The molecule has 0 spiro atoms. The van der Waals surface area contributed by atoms with E-state index in [0.717, 1.165) is 5.52 Å². The monoisotopic (exact) mass is 303 g/mol. The maximum atomic E-state index is 14.1. The number of hydrogen-bond acceptors (Lipinski definition) is 2. The van der Waals surface area contributed by atoms with Gasteiger partial charge in [0, 0.05) is 5.02 Å². The Balaban J connectivity index is 2.38. The number of nitriles is 1. The molecule has 1 N–H and O–H groups in total. The zero-order valence-electron chi connectivity index (χ0n) is 10.0. The number of hydrogen-bond donors (Lipinski definition) is 1. The van der Waals surface area contributed by atoms with Crippen molar-refractivity contribution in [2.24, 2.45) is 0 Å². The van der Waals surface area contributed by atoms with E-state index in [0.29, 0.717) is 26.6 Å². The van der Waals surface area contributed by atoms with Crippen LogP contribution in [0.3, 0.4) is 0 Å². The summed E-state index contributed by atoms with van der Waals surface area (Å²) < 4.78 is 16.0. The lowest BCUT2D eigenvalue weighted by molar-refractivity contribution is 0.619. The first kappa shape index (κ1) is 12.9. The summed E-state index contributed by atoms with van der Waals surface area (Å²) in [5.74, 6) is -0.475. The molecule has 20 heavy (non-hydrogen) atoms. The summed E-state index contributed by atoms with van der Waals surface area (Å²) in [6, 6.07) is 11.5. The minimum atomic E-state index is -0.475. The van der Waals surface area contributed by atoms with Gasteiger partial charge in [-0.2, -0.15) is 5.26 Å². The van der Waals surface area contributed by atoms with Gasteiger partial charge in [0.25, 0.3) is 0 Å². The number of aromatic nitrogens is 2. The van der Waals surface area contributed by atoms with Crippen LogP contribution in [0.4, 0.5) is 4.39 Å². The molecule has 0 amide bonds. The van der Waals surface area contributed by atoms with Crippen molar-refractivity contribution in [2.75, 3.05) is 0 Å². The van der Waals surface area contributed by atoms with Gasteiger partial charge in [0.05, 0.1) is 28.4 Å². The van der Waals surface area contributed by atoms with Crippen LogP contribution in [0.1, 0.15) is 5.56 Å². The Bertz CT molecular complexity index is 920. The number of halogens is 2. The van der Waals surface area contributed by atoms with E-state index in [9.17, 15) is 4.39 Å². The molecule has 0 saturated heterocycles. The van der Waals surface area contributed by atoms with Gasteiger partial charge in [0.1, 0.15) is 5.82 Å². The molecule has 0 bridgehead atoms. The molecule has 0 atom stereocenters. The van der Waals surface area contributed by atoms with E-state index in [4.69, 9.17) is 29.1 Å². The highest BCUT2D eigenvalue weighted by atomic mass is 35.5. The number of imidazole rings is 1. The lowest BCUT2D eigenvalue weighted by Crippen LogP contribution is -1.97. The fraction of sp³-hybridized carbons (Fsp3) is 0. The highest BCUT2D eigenvalue weighted by Gasteiger charge is 2.11. The molecule has 6 heteroatoms. The fourth-order valence-corrected chi connectivity index (χ4v) is 2.54. The summed E-state index contributed by atoms with van der Waals surface area (Å²) >= 11 is 11.0. The van der Waals surface area contributed by atoms with Crippen LogP contribution in [0, 0.1) is 21.9 Å². The maximum Gasteiger partial charge on any atom is 0.182 e. The topological polar surface area (TPSA) is 44.5 Å². The molecule has 0 saturated carbocycles. The molecule has 2 aromatic carbocycles. The average molecular weight is 304 g/mol. The van der Waals surface area contributed by atoms with Crippen molar-refractivity contribution in [1.29, 1.82) is 5.26 Å². The molecule has 0 unspecified atom stereocenters. The summed E-state index contributed by atoms with van der Waals surface area (Å²) in [5, 5.41) is 9.28. The van der Waals surface area contributed by atoms with E-state index >= 15 is 0 Å². The Labute approximate surface area is 123 Å². The van der Waals surface area contributed by atoms with Gasteiger partial charge >= 0.3 is 0 Å². The largest absolute Gasteiger partial charge is 0.330 e. The normalized spacial score (nSPS) is 10.7. The third kappa shape index (κ3) is 1.99. The van der Waals surface area contributed by atoms with E-state index in [2.05, 4.69) is 11.1 Å². The fourth-order valence-electron chi connectivity index (χ4n) is 2.07. The second kappa shape index (κ2) is 4.75. The van der Waals surface area contributed by atoms with E-state index in [1.807, 2.05) is 0 Å². The molecule has 3 nitrogen and oxygen atoms in total. The lowest BCUT2D eigenvalue weighted by Gasteiger charge is -2.06. The average Bonchev–Trinajstić information content (AvgIpc) is 2.74. The minimum Gasteiger partial charge on any atom is -0.330 e.